The molecule has 1 heterocycles. The molecule has 4 heteroatoms. The molecule has 0 unspecified atom stereocenters. The van der Waals surface area contributed by atoms with Crippen molar-refractivity contribution in [3.63, 3.8) is 0 Å². The molecule has 0 saturated carbocycles. The highest BCUT2D eigenvalue weighted by Crippen LogP contribution is 2.37. The number of allylic oxidation sites excluding steroid dienone is 1. The predicted octanol–water partition coefficient (Wildman–Crippen LogP) is 3.69. The maximum Gasteiger partial charge on any atom is 0.232 e. The number of hydrogen-bond donors (Lipinski definition) is 0. The number of methoxy groups -OCH3 is 1. The molecule has 0 bridgehead atoms. The SMILES string of the molecule is COc1cc(C)c2c(c1)O/C(=C\c1ccc(N(C)C)cc1)C2=O. The van der Waals surface area contributed by atoms with Crippen LogP contribution in [0.3, 0.4) is 0 Å². The number of ether oxygens (including phenoxy) is 2. The summed E-state index contributed by atoms with van der Waals surface area (Å²) in [6.45, 7) is 1.89. The average molecular weight is 309 g/mol. The molecule has 4 nitrogen and oxygen atoms in total. The summed E-state index contributed by atoms with van der Waals surface area (Å²) < 4.78 is 11.0. The van der Waals surface area contributed by atoms with Gasteiger partial charge in [0.05, 0.1) is 12.7 Å². The molecule has 1 aliphatic rings. The summed E-state index contributed by atoms with van der Waals surface area (Å²) in [6, 6.07) is 11.5. The Balaban J connectivity index is 1.93. The van der Waals surface area contributed by atoms with Crippen LogP contribution in [0.25, 0.3) is 6.08 Å². The average Bonchev–Trinajstić information content (AvgIpc) is 2.84. The van der Waals surface area contributed by atoms with Gasteiger partial charge in [0, 0.05) is 25.8 Å². The Bertz CT molecular complexity index is 789. The Morgan fingerprint density at radius 3 is 2.43 bits per heavy atom. The Morgan fingerprint density at radius 2 is 1.83 bits per heavy atom. The summed E-state index contributed by atoms with van der Waals surface area (Å²) in [5.41, 5.74) is 3.50. The van der Waals surface area contributed by atoms with Gasteiger partial charge in [-0.15, -0.1) is 0 Å². The lowest BCUT2D eigenvalue weighted by Crippen LogP contribution is -2.08. The standard InChI is InChI=1S/C19H19NO3/c1-12-9-15(22-4)11-16-18(12)19(21)17(23-16)10-13-5-7-14(8-6-13)20(2)3/h5-11H,1-4H3/b17-10-. The number of aryl methyl sites for hydroxylation is 1. The predicted molar refractivity (Wildman–Crippen MR) is 91.4 cm³/mol. The summed E-state index contributed by atoms with van der Waals surface area (Å²) in [6.07, 6.45) is 1.77. The number of ketones is 1. The zero-order valence-electron chi connectivity index (χ0n) is 13.7. The molecule has 0 fully saturated rings. The van der Waals surface area contributed by atoms with E-state index >= 15 is 0 Å². The van der Waals surface area contributed by atoms with E-state index in [0.717, 1.165) is 16.8 Å². The second-order valence-electron chi connectivity index (χ2n) is 5.74. The maximum atomic E-state index is 12.6. The summed E-state index contributed by atoms with van der Waals surface area (Å²) >= 11 is 0. The van der Waals surface area contributed by atoms with Crippen LogP contribution >= 0.6 is 0 Å². The van der Waals surface area contributed by atoms with Crippen LogP contribution in [0.2, 0.25) is 0 Å². The zero-order valence-corrected chi connectivity index (χ0v) is 13.7. The number of hydrogen-bond acceptors (Lipinski definition) is 4. The van der Waals surface area contributed by atoms with Gasteiger partial charge < -0.3 is 14.4 Å². The second-order valence-corrected chi connectivity index (χ2v) is 5.74. The first-order valence-electron chi connectivity index (χ1n) is 7.40. The number of benzene rings is 2. The van der Waals surface area contributed by atoms with Crippen molar-refractivity contribution in [1.29, 1.82) is 0 Å². The van der Waals surface area contributed by atoms with Crippen LogP contribution in [0.15, 0.2) is 42.2 Å². The van der Waals surface area contributed by atoms with Crippen molar-refractivity contribution in [2.24, 2.45) is 0 Å². The summed E-state index contributed by atoms with van der Waals surface area (Å²) in [7, 11) is 5.58. The van der Waals surface area contributed by atoms with Crippen molar-refractivity contribution in [2.75, 3.05) is 26.1 Å². The lowest BCUT2D eigenvalue weighted by molar-refractivity contribution is 0.101. The van der Waals surface area contributed by atoms with Gasteiger partial charge in [-0.2, -0.15) is 0 Å². The molecule has 0 spiro atoms. The number of nitrogens with zero attached hydrogens (tertiary/aromatic N) is 1. The lowest BCUT2D eigenvalue weighted by atomic mass is 10.0. The van der Waals surface area contributed by atoms with Crippen LogP contribution in [-0.2, 0) is 0 Å². The molecule has 2 aromatic carbocycles. The van der Waals surface area contributed by atoms with E-state index in [9.17, 15) is 4.79 Å². The summed E-state index contributed by atoms with van der Waals surface area (Å²) in [5.74, 6) is 1.50. The molecule has 0 atom stereocenters. The van der Waals surface area contributed by atoms with E-state index in [0.29, 0.717) is 22.8 Å². The molecular formula is C19H19NO3. The number of anilines is 1. The van der Waals surface area contributed by atoms with Crippen molar-refractivity contribution in [2.45, 2.75) is 6.92 Å². The highest BCUT2D eigenvalue weighted by Gasteiger charge is 2.29. The van der Waals surface area contributed by atoms with Crippen LogP contribution in [0.1, 0.15) is 21.5 Å². The van der Waals surface area contributed by atoms with Crippen LogP contribution in [0.5, 0.6) is 11.5 Å². The summed E-state index contributed by atoms with van der Waals surface area (Å²) in [4.78, 5) is 14.6. The first-order chi connectivity index (χ1) is 11.0. The molecule has 0 aliphatic carbocycles. The highest BCUT2D eigenvalue weighted by atomic mass is 16.5. The Hall–Kier alpha value is -2.75. The molecule has 23 heavy (non-hydrogen) atoms. The fourth-order valence-corrected chi connectivity index (χ4v) is 2.62. The largest absolute Gasteiger partial charge is 0.497 e. The van der Waals surface area contributed by atoms with Crippen molar-refractivity contribution in [3.8, 4) is 11.5 Å². The monoisotopic (exact) mass is 309 g/mol. The molecule has 2 aromatic rings. The van der Waals surface area contributed by atoms with Crippen molar-refractivity contribution in [3.05, 3.63) is 58.8 Å². The fraction of sp³-hybridized carbons (Fsp3) is 0.211. The minimum absolute atomic E-state index is 0.0863. The Labute approximate surface area is 135 Å². The van der Waals surface area contributed by atoms with E-state index in [1.54, 1.807) is 19.3 Å². The van der Waals surface area contributed by atoms with Gasteiger partial charge in [-0.1, -0.05) is 12.1 Å². The maximum absolute atomic E-state index is 12.6. The molecule has 1 aliphatic heterocycles. The van der Waals surface area contributed by atoms with E-state index in [4.69, 9.17) is 9.47 Å². The molecular weight excluding hydrogens is 290 g/mol. The minimum Gasteiger partial charge on any atom is -0.497 e. The van der Waals surface area contributed by atoms with Crippen molar-refractivity contribution < 1.29 is 14.3 Å². The van der Waals surface area contributed by atoms with Gasteiger partial charge in [-0.3, -0.25) is 4.79 Å². The fourth-order valence-electron chi connectivity index (χ4n) is 2.62. The normalized spacial score (nSPS) is 14.6. The number of carbonyl (C=O) groups excluding carboxylic acids is 1. The Kier molecular flexibility index (Phi) is 3.82. The van der Waals surface area contributed by atoms with Crippen LogP contribution in [0, 0.1) is 6.92 Å². The molecule has 0 radical (unpaired) electrons. The van der Waals surface area contributed by atoms with Crippen LogP contribution in [-0.4, -0.2) is 27.0 Å². The minimum atomic E-state index is -0.0863. The van der Waals surface area contributed by atoms with E-state index in [1.165, 1.54) is 0 Å². The van der Waals surface area contributed by atoms with Gasteiger partial charge in [0.25, 0.3) is 0 Å². The third kappa shape index (κ3) is 2.80. The molecule has 0 saturated heterocycles. The molecule has 0 N–H and O–H groups in total. The zero-order chi connectivity index (χ0) is 16.6. The molecule has 118 valence electrons. The quantitative estimate of drug-likeness (QED) is 0.811. The van der Waals surface area contributed by atoms with Gasteiger partial charge in [0.2, 0.25) is 5.78 Å². The third-order valence-electron chi connectivity index (χ3n) is 3.89. The van der Waals surface area contributed by atoms with Gasteiger partial charge >= 0.3 is 0 Å². The molecule has 0 aromatic heterocycles. The van der Waals surface area contributed by atoms with Crippen molar-refractivity contribution >= 4 is 17.5 Å². The summed E-state index contributed by atoms with van der Waals surface area (Å²) in [5, 5.41) is 0. The van der Waals surface area contributed by atoms with E-state index in [-0.39, 0.29) is 5.78 Å². The second kappa shape index (κ2) is 5.80. The van der Waals surface area contributed by atoms with E-state index in [1.807, 2.05) is 56.3 Å². The topological polar surface area (TPSA) is 38.8 Å². The smallest absolute Gasteiger partial charge is 0.232 e. The van der Waals surface area contributed by atoms with Gasteiger partial charge in [0.15, 0.2) is 5.76 Å². The van der Waals surface area contributed by atoms with E-state index in [2.05, 4.69) is 0 Å². The van der Waals surface area contributed by atoms with Crippen LogP contribution < -0.4 is 14.4 Å². The number of rotatable bonds is 3. The lowest BCUT2D eigenvalue weighted by Gasteiger charge is -2.11. The number of fused-ring (bicyclic) bond motifs is 1. The van der Waals surface area contributed by atoms with Crippen LogP contribution in [0.4, 0.5) is 5.69 Å². The third-order valence-corrected chi connectivity index (χ3v) is 3.89. The first kappa shape index (κ1) is 15.2. The molecule has 3 rings (SSSR count). The molecule has 0 amide bonds. The Morgan fingerprint density at radius 1 is 1.13 bits per heavy atom. The number of Topliss-reactive ketones (excluding diaryl/α,β-unsaturated/α-hetero) is 1. The highest BCUT2D eigenvalue weighted by molar-refractivity contribution is 6.15. The van der Waals surface area contributed by atoms with Gasteiger partial charge in [-0.25, -0.2) is 0 Å². The number of carbonyl (C=O) groups is 1. The van der Waals surface area contributed by atoms with E-state index < -0.39 is 0 Å². The first-order valence-corrected chi connectivity index (χ1v) is 7.40. The van der Waals surface area contributed by atoms with Crippen molar-refractivity contribution in [1.82, 2.24) is 0 Å². The van der Waals surface area contributed by atoms with Gasteiger partial charge in [0.1, 0.15) is 11.5 Å². The van der Waals surface area contributed by atoms with Gasteiger partial charge in [-0.05, 0) is 42.3 Å².